The molecule has 150 valence electrons. The van der Waals surface area contributed by atoms with Gasteiger partial charge in [0.25, 0.3) is 0 Å². The zero-order valence-corrected chi connectivity index (χ0v) is 16.4. The summed E-state index contributed by atoms with van der Waals surface area (Å²) in [6.45, 7) is 6.42. The molecular formula is C20H29N7O. The van der Waals surface area contributed by atoms with E-state index < -0.39 is 0 Å². The molecule has 0 bridgehead atoms. The van der Waals surface area contributed by atoms with E-state index in [1.807, 2.05) is 44.8 Å². The number of carbonyl (C=O) groups excluding carboxylic acids is 1. The zero-order valence-electron chi connectivity index (χ0n) is 16.4. The molecule has 0 N–H and O–H groups in total. The van der Waals surface area contributed by atoms with Crippen molar-refractivity contribution in [2.24, 2.45) is 0 Å². The van der Waals surface area contributed by atoms with Gasteiger partial charge in [-0.1, -0.05) is 18.2 Å². The summed E-state index contributed by atoms with van der Waals surface area (Å²) in [5.74, 6) is 0.894. The number of nitrogens with zero attached hydrogens (tertiary/aromatic N) is 7. The first-order chi connectivity index (χ1) is 13.8. The summed E-state index contributed by atoms with van der Waals surface area (Å²) in [6.07, 6.45) is 5.40. The maximum Gasteiger partial charge on any atom is 0.320 e. The number of tetrazole rings is 1. The number of aromatic nitrogens is 4. The second-order valence-corrected chi connectivity index (χ2v) is 7.60. The highest BCUT2D eigenvalue weighted by Crippen LogP contribution is 2.14. The van der Waals surface area contributed by atoms with Gasteiger partial charge >= 0.3 is 6.03 Å². The average Bonchev–Trinajstić information content (AvgIpc) is 3.23. The lowest BCUT2D eigenvalue weighted by molar-refractivity contribution is 0.107. The molecule has 28 heavy (non-hydrogen) atoms. The maximum absolute atomic E-state index is 12.6. The van der Waals surface area contributed by atoms with Crippen LogP contribution in [0.4, 0.5) is 4.79 Å². The molecule has 0 saturated carbocycles. The summed E-state index contributed by atoms with van der Waals surface area (Å²) < 4.78 is 1.81. The minimum atomic E-state index is 0.237. The van der Waals surface area contributed by atoms with Gasteiger partial charge in [0, 0.05) is 45.7 Å². The van der Waals surface area contributed by atoms with Crippen molar-refractivity contribution in [3.05, 3.63) is 36.2 Å². The van der Waals surface area contributed by atoms with Crippen LogP contribution >= 0.6 is 0 Å². The molecule has 2 aromatic rings. The van der Waals surface area contributed by atoms with Crippen molar-refractivity contribution in [2.45, 2.75) is 32.1 Å². The van der Waals surface area contributed by atoms with Crippen molar-refractivity contribution in [3.8, 4) is 5.69 Å². The number of para-hydroxylation sites is 1. The van der Waals surface area contributed by atoms with Crippen LogP contribution in [0.25, 0.3) is 5.69 Å². The van der Waals surface area contributed by atoms with Crippen LogP contribution in [0.1, 0.15) is 31.5 Å². The molecule has 0 radical (unpaired) electrons. The number of aryl methyl sites for hydroxylation is 1. The van der Waals surface area contributed by atoms with E-state index in [0.717, 1.165) is 83.0 Å². The van der Waals surface area contributed by atoms with E-state index >= 15 is 0 Å². The molecule has 0 unspecified atom stereocenters. The summed E-state index contributed by atoms with van der Waals surface area (Å²) in [4.78, 5) is 19.1. The lowest BCUT2D eigenvalue weighted by Crippen LogP contribution is -2.53. The van der Waals surface area contributed by atoms with Crippen LogP contribution in [0.2, 0.25) is 0 Å². The molecule has 2 aliphatic heterocycles. The molecule has 8 heteroatoms. The summed E-state index contributed by atoms with van der Waals surface area (Å²) in [5.41, 5.74) is 0.993. The molecule has 2 amide bonds. The molecule has 2 fully saturated rings. The quantitative estimate of drug-likeness (QED) is 0.788. The summed E-state index contributed by atoms with van der Waals surface area (Å²) >= 11 is 0. The number of hydrogen-bond acceptors (Lipinski definition) is 5. The maximum atomic E-state index is 12.6. The summed E-state index contributed by atoms with van der Waals surface area (Å²) in [6, 6.07) is 10.2. The lowest BCUT2D eigenvalue weighted by Gasteiger charge is -2.38. The highest BCUT2D eigenvalue weighted by Gasteiger charge is 2.25. The van der Waals surface area contributed by atoms with Crippen LogP contribution in [0, 0.1) is 0 Å². The minimum Gasteiger partial charge on any atom is -0.325 e. The number of rotatable bonds is 5. The van der Waals surface area contributed by atoms with Gasteiger partial charge in [0.15, 0.2) is 5.82 Å². The van der Waals surface area contributed by atoms with Gasteiger partial charge in [0.2, 0.25) is 0 Å². The molecule has 0 atom stereocenters. The van der Waals surface area contributed by atoms with Gasteiger partial charge in [0.1, 0.15) is 0 Å². The first kappa shape index (κ1) is 18.9. The number of likely N-dealkylation sites (tertiary alicyclic amines) is 1. The Balaban J connectivity index is 1.21. The van der Waals surface area contributed by atoms with Gasteiger partial charge in [-0.3, -0.25) is 4.90 Å². The number of piperidine rings is 1. The van der Waals surface area contributed by atoms with Crippen LogP contribution < -0.4 is 0 Å². The Morgan fingerprint density at radius 1 is 0.893 bits per heavy atom. The Labute approximate surface area is 166 Å². The van der Waals surface area contributed by atoms with Crippen molar-refractivity contribution >= 4 is 6.03 Å². The third-order valence-corrected chi connectivity index (χ3v) is 5.68. The highest BCUT2D eigenvalue weighted by molar-refractivity contribution is 5.74. The third kappa shape index (κ3) is 4.49. The van der Waals surface area contributed by atoms with Crippen molar-refractivity contribution < 1.29 is 4.79 Å². The van der Waals surface area contributed by atoms with Crippen molar-refractivity contribution in [1.82, 2.24) is 34.9 Å². The van der Waals surface area contributed by atoms with E-state index in [9.17, 15) is 4.79 Å². The van der Waals surface area contributed by atoms with Crippen LogP contribution in [-0.2, 0) is 6.42 Å². The van der Waals surface area contributed by atoms with Crippen molar-refractivity contribution in [3.63, 3.8) is 0 Å². The monoisotopic (exact) mass is 383 g/mol. The standard InChI is InChI=1S/C20H29N7O/c28-20(25-12-5-2-6-13-25)26-16-14-24(15-17-26)11-7-10-19-21-22-23-27(19)18-8-3-1-4-9-18/h1,3-4,8-9H,2,5-7,10-17H2. The molecule has 8 nitrogen and oxygen atoms in total. The normalized spacial score (nSPS) is 18.4. The van der Waals surface area contributed by atoms with Crippen LogP contribution in [-0.4, -0.2) is 86.8 Å². The van der Waals surface area contributed by atoms with E-state index in [1.165, 1.54) is 6.42 Å². The first-order valence-corrected chi connectivity index (χ1v) is 10.4. The summed E-state index contributed by atoms with van der Waals surface area (Å²) in [7, 11) is 0. The Hall–Kier alpha value is -2.48. The predicted octanol–water partition coefficient (Wildman–Crippen LogP) is 1.82. The van der Waals surface area contributed by atoms with Gasteiger partial charge in [-0.15, -0.1) is 5.10 Å². The molecule has 1 aromatic carbocycles. The molecular weight excluding hydrogens is 354 g/mol. The Morgan fingerprint density at radius 2 is 1.61 bits per heavy atom. The Kier molecular flexibility index (Phi) is 6.16. The van der Waals surface area contributed by atoms with Gasteiger partial charge in [-0.05, 0) is 54.8 Å². The lowest BCUT2D eigenvalue weighted by atomic mass is 10.1. The smallest absolute Gasteiger partial charge is 0.320 e. The number of benzene rings is 1. The fourth-order valence-electron chi connectivity index (χ4n) is 4.04. The van der Waals surface area contributed by atoms with E-state index in [1.54, 1.807) is 0 Å². The predicted molar refractivity (Wildman–Crippen MR) is 106 cm³/mol. The van der Waals surface area contributed by atoms with Gasteiger partial charge in [0.05, 0.1) is 5.69 Å². The minimum absolute atomic E-state index is 0.237. The number of piperazine rings is 1. The molecule has 1 aromatic heterocycles. The zero-order chi connectivity index (χ0) is 19.2. The summed E-state index contributed by atoms with van der Waals surface area (Å²) in [5, 5.41) is 12.1. The van der Waals surface area contributed by atoms with E-state index in [2.05, 4.69) is 20.4 Å². The molecule has 2 saturated heterocycles. The second kappa shape index (κ2) is 9.14. The second-order valence-electron chi connectivity index (χ2n) is 7.60. The highest BCUT2D eigenvalue weighted by atomic mass is 16.2. The molecule has 2 aliphatic rings. The molecule has 0 spiro atoms. The van der Waals surface area contributed by atoms with Gasteiger partial charge < -0.3 is 9.80 Å². The van der Waals surface area contributed by atoms with E-state index in [-0.39, 0.29) is 6.03 Å². The fourth-order valence-corrected chi connectivity index (χ4v) is 4.04. The Bertz CT molecular complexity index is 749. The molecule has 3 heterocycles. The first-order valence-electron chi connectivity index (χ1n) is 10.4. The van der Waals surface area contributed by atoms with Crippen LogP contribution in [0.15, 0.2) is 30.3 Å². The van der Waals surface area contributed by atoms with Crippen LogP contribution in [0.5, 0.6) is 0 Å². The molecule has 4 rings (SSSR count). The van der Waals surface area contributed by atoms with E-state index in [0.29, 0.717) is 0 Å². The van der Waals surface area contributed by atoms with Crippen molar-refractivity contribution in [2.75, 3.05) is 45.8 Å². The van der Waals surface area contributed by atoms with Gasteiger partial charge in [-0.25, -0.2) is 4.79 Å². The number of amides is 2. The molecule has 0 aliphatic carbocycles. The number of urea groups is 1. The third-order valence-electron chi connectivity index (χ3n) is 5.68. The van der Waals surface area contributed by atoms with Gasteiger partial charge in [-0.2, -0.15) is 4.68 Å². The SMILES string of the molecule is O=C(N1CCCCC1)N1CCN(CCCc2nnnn2-c2ccccc2)CC1. The van der Waals surface area contributed by atoms with Crippen LogP contribution in [0.3, 0.4) is 0 Å². The Morgan fingerprint density at radius 3 is 2.36 bits per heavy atom. The number of carbonyl (C=O) groups is 1. The van der Waals surface area contributed by atoms with Crippen molar-refractivity contribution in [1.29, 1.82) is 0 Å². The topological polar surface area (TPSA) is 70.4 Å². The fraction of sp³-hybridized carbons (Fsp3) is 0.600. The van der Waals surface area contributed by atoms with E-state index in [4.69, 9.17) is 0 Å². The largest absolute Gasteiger partial charge is 0.325 e. The number of hydrogen-bond donors (Lipinski definition) is 0. The average molecular weight is 384 g/mol.